The van der Waals surface area contributed by atoms with Crippen molar-refractivity contribution in [2.45, 2.75) is 12.5 Å². The second-order valence-electron chi connectivity index (χ2n) is 4.21. The number of halogens is 1. The Hall–Kier alpha value is -1.96. The molecule has 0 saturated carbocycles. The van der Waals surface area contributed by atoms with Crippen LogP contribution in [0.2, 0.25) is 0 Å². The Kier molecular flexibility index (Phi) is 4.10. The topological polar surface area (TPSA) is 95.5 Å². The number of carboxylic acid groups (broad SMARTS) is 1. The molecule has 2 N–H and O–H groups in total. The Bertz CT molecular complexity index is 519. The molecule has 0 amide bonds. The van der Waals surface area contributed by atoms with Crippen LogP contribution in [-0.2, 0) is 16.0 Å². The Morgan fingerprint density at radius 2 is 2.47 bits per heavy atom. The molecule has 1 aromatic rings. The van der Waals surface area contributed by atoms with E-state index in [0.717, 1.165) is 0 Å². The zero-order valence-corrected chi connectivity index (χ0v) is 10.1. The van der Waals surface area contributed by atoms with Gasteiger partial charge in [0.15, 0.2) is 0 Å². The number of aromatic nitrogens is 2. The Balaban J connectivity index is 2.21. The van der Waals surface area contributed by atoms with E-state index in [1.165, 1.54) is 6.07 Å². The van der Waals surface area contributed by atoms with E-state index in [1.807, 2.05) is 0 Å². The first-order valence-electron chi connectivity index (χ1n) is 5.83. The van der Waals surface area contributed by atoms with Crippen molar-refractivity contribution in [3.8, 4) is 0 Å². The number of anilines is 1. The summed E-state index contributed by atoms with van der Waals surface area (Å²) < 4.78 is 17.8. The SMILES string of the molecule is O=C(O)Cc1nc(N2CCOC(CF)C2)cc(=O)[nH]1. The van der Waals surface area contributed by atoms with E-state index in [4.69, 9.17) is 9.84 Å². The molecular weight excluding hydrogens is 257 g/mol. The van der Waals surface area contributed by atoms with E-state index < -0.39 is 24.3 Å². The number of carboxylic acids is 1. The van der Waals surface area contributed by atoms with Crippen molar-refractivity contribution in [3.63, 3.8) is 0 Å². The van der Waals surface area contributed by atoms with Crippen LogP contribution < -0.4 is 10.5 Å². The lowest BCUT2D eigenvalue weighted by molar-refractivity contribution is -0.136. The van der Waals surface area contributed by atoms with E-state index in [2.05, 4.69) is 9.97 Å². The van der Waals surface area contributed by atoms with Crippen LogP contribution in [0.15, 0.2) is 10.9 Å². The van der Waals surface area contributed by atoms with Gasteiger partial charge in [0.05, 0.1) is 6.61 Å². The fraction of sp³-hybridized carbons (Fsp3) is 0.545. The first-order valence-corrected chi connectivity index (χ1v) is 5.83. The number of alkyl halides is 1. The number of H-pyrrole nitrogens is 1. The van der Waals surface area contributed by atoms with Crippen LogP contribution >= 0.6 is 0 Å². The third kappa shape index (κ3) is 3.50. The Morgan fingerprint density at radius 3 is 3.16 bits per heavy atom. The number of morpholine rings is 1. The van der Waals surface area contributed by atoms with Gasteiger partial charge in [0, 0.05) is 19.2 Å². The van der Waals surface area contributed by atoms with Crippen molar-refractivity contribution in [1.82, 2.24) is 9.97 Å². The molecule has 0 aromatic carbocycles. The summed E-state index contributed by atoms with van der Waals surface area (Å²) >= 11 is 0. The van der Waals surface area contributed by atoms with Crippen molar-refractivity contribution in [1.29, 1.82) is 0 Å². The molecule has 0 radical (unpaired) electrons. The molecule has 2 rings (SSSR count). The third-order valence-corrected chi connectivity index (χ3v) is 2.73. The van der Waals surface area contributed by atoms with E-state index in [1.54, 1.807) is 4.90 Å². The summed E-state index contributed by atoms with van der Waals surface area (Å²) in [6.45, 7) is 0.512. The number of aliphatic carboxylic acids is 1. The minimum Gasteiger partial charge on any atom is -0.481 e. The van der Waals surface area contributed by atoms with Crippen LogP contribution in [0.25, 0.3) is 0 Å². The first-order chi connectivity index (χ1) is 9.08. The van der Waals surface area contributed by atoms with Gasteiger partial charge in [0.25, 0.3) is 5.56 Å². The molecule has 1 aliphatic heterocycles. The van der Waals surface area contributed by atoms with Crippen LogP contribution in [0.3, 0.4) is 0 Å². The lowest BCUT2D eigenvalue weighted by atomic mass is 10.3. The highest BCUT2D eigenvalue weighted by Crippen LogP contribution is 2.14. The zero-order valence-electron chi connectivity index (χ0n) is 10.1. The van der Waals surface area contributed by atoms with Gasteiger partial charge in [-0.2, -0.15) is 0 Å². The van der Waals surface area contributed by atoms with Gasteiger partial charge in [-0.3, -0.25) is 9.59 Å². The Morgan fingerprint density at radius 1 is 1.68 bits per heavy atom. The summed E-state index contributed by atoms with van der Waals surface area (Å²) in [7, 11) is 0. The maximum atomic E-state index is 12.6. The smallest absolute Gasteiger partial charge is 0.311 e. The van der Waals surface area contributed by atoms with E-state index in [9.17, 15) is 14.0 Å². The molecule has 1 unspecified atom stereocenters. The van der Waals surface area contributed by atoms with Gasteiger partial charge in [-0.25, -0.2) is 9.37 Å². The second kappa shape index (κ2) is 5.79. The summed E-state index contributed by atoms with van der Waals surface area (Å²) in [5.41, 5.74) is -0.426. The highest BCUT2D eigenvalue weighted by molar-refractivity contribution is 5.69. The molecule has 104 valence electrons. The molecule has 1 atom stereocenters. The van der Waals surface area contributed by atoms with Gasteiger partial charge in [-0.15, -0.1) is 0 Å². The van der Waals surface area contributed by atoms with E-state index in [0.29, 0.717) is 25.5 Å². The lowest BCUT2D eigenvalue weighted by Gasteiger charge is -2.32. The number of ether oxygens (including phenoxy) is 1. The average molecular weight is 271 g/mol. The van der Waals surface area contributed by atoms with Gasteiger partial charge in [0.1, 0.15) is 30.8 Å². The molecule has 8 heteroatoms. The molecule has 0 aliphatic carbocycles. The fourth-order valence-electron chi connectivity index (χ4n) is 1.90. The lowest BCUT2D eigenvalue weighted by Crippen LogP contribution is -2.44. The molecule has 1 fully saturated rings. The van der Waals surface area contributed by atoms with Gasteiger partial charge in [-0.1, -0.05) is 0 Å². The average Bonchev–Trinajstić information content (AvgIpc) is 2.37. The number of carbonyl (C=O) groups is 1. The fourth-order valence-corrected chi connectivity index (χ4v) is 1.90. The Labute approximate surface area is 108 Å². The third-order valence-electron chi connectivity index (χ3n) is 2.73. The predicted octanol–water partition coefficient (Wildman–Crippen LogP) is -0.428. The molecule has 0 spiro atoms. The van der Waals surface area contributed by atoms with Crippen molar-refractivity contribution in [3.05, 3.63) is 22.2 Å². The molecule has 2 heterocycles. The van der Waals surface area contributed by atoms with Crippen LogP contribution in [0, 0.1) is 0 Å². The van der Waals surface area contributed by atoms with Crippen molar-refractivity contribution >= 4 is 11.8 Å². The summed E-state index contributed by atoms with van der Waals surface area (Å²) in [4.78, 5) is 30.2. The largest absolute Gasteiger partial charge is 0.481 e. The maximum absolute atomic E-state index is 12.6. The second-order valence-corrected chi connectivity index (χ2v) is 4.21. The minimum absolute atomic E-state index is 0.0818. The van der Waals surface area contributed by atoms with Crippen LogP contribution in [0.4, 0.5) is 10.2 Å². The molecule has 0 bridgehead atoms. The minimum atomic E-state index is -1.08. The van der Waals surface area contributed by atoms with Gasteiger partial charge in [-0.05, 0) is 0 Å². The number of hydrogen-bond acceptors (Lipinski definition) is 5. The molecular formula is C11H14FN3O4. The molecule has 1 aliphatic rings. The quantitative estimate of drug-likeness (QED) is 0.771. The standard InChI is InChI=1S/C11H14FN3O4/c12-5-7-6-15(1-2-19-7)9-4-10(16)14-8(13-9)3-11(17)18/h4,7H,1-3,5-6H2,(H,17,18)(H,13,14,16). The van der Waals surface area contributed by atoms with Crippen molar-refractivity contribution in [2.75, 3.05) is 31.3 Å². The number of nitrogens with zero attached hydrogens (tertiary/aromatic N) is 2. The van der Waals surface area contributed by atoms with Crippen LogP contribution in [0.1, 0.15) is 5.82 Å². The van der Waals surface area contributed by atoms with Crippen LogP contribution in [-0.4, -0.2) is 53.5 Å². The first kappa shape index (κ1) is 13.5. The molecule has 1 aromatic heterocycles. The highest BCUT2D eigenvalue weighted by atomic mass is 19.1. The van der Waals surface area contributed by atoms with Crippen LogP contribution in [0.5, 0.6) is 0 Å². The summed E-state index contributed by atoms with van der Waals surface area (Å²) in [5.74, 6) is -0.649. The number of nitrogens with one attached hydrogen (secondary N) is 1. The molecule has 19 heavy (non-hydrogen) atoms. The number of aromatic amines is 1. The van der Waals surface area contributed by atoms with Crippen molar-refractivity contribution < 1.29 is 19.0 Å². The summed E-state index contributed by atoms with van der Waals surface area (Å²) in [6.07, 6.45) is -0.905. The summed E-state index contributed by atoms with van der Waals surface area (Å²) in [5, 5.41) is 8.69. The highest BCUT2D eigenvalue weighted by Gasteiger charge is 2.22. The van der Waals surface area contributed by atoms with E-state index >= 15 is 0 Å². The summed E-state index contributed by atoms with van der Waals surface area (Å²) in [6, 6.07) is 1.27. The van der Waals surface area contributed by atoms with Crippen molar-refractivity contribution in [2.24, 2.45) is 0 Å². The predicted molar refractivity (Wildman–Crippen MR) is 64.1 cm³/mol. The van der Waals surface area contributed by atoms with Gasteiger partial charge < -0.3 is 19.7 Å². The van der Waals surface area contributed by atoms with Gasteiger partial charge in [0.2, 0.25) is 0 Å². The maximum Gasteiger partial charge on any atom is 0.311 e. The molecule has 1 saturated heterocycles. The monoisotopic (exact) mass is 271 g/mol. The zero-order chi connectivity index (χ0) is 13.8. The number of rotatable bonds is 4. The van der Waals surface area contributed by atoms with E-state index in [-0.39, 0.29) is 12.2 Å². The number of hydrogen-bond donors (Lipinski definition) is 2. The molecule has 7 nitrogen and oxygen atoms in total. The van der Waals surface area contributed by atoms with Gasteiger partial charge >= 0.3 is 5.97 Å². The normalized spacial score (nSPS) is 19.4.